The first-order chi connectivity index (χ1) is 7.95. The Bertz CT molecular complexity index is 467. The fraction of sp³-hybridized carbons (Fsp3) is 0. The highest BCUT2D eigenvalue weighted by molar-refractivity contribution is 8.76. The van der Waals surface area contributed by atoms with Crippen molar-refractivity contribution in [2.45, 2.75) is 10.3 Å². The van der Waals surface area contributed by atoms with Crippen LogP contribution in [0.15, 0.2) is 23.0 Å². The third-order valence-electron chi connectivity index (χ3n) is 0.985. The van der Waals surface area contributed by atoms with E-state index in [-0.39, 0.29) is 0 Å². The number of nitrogens with zero attached hydrogens (tertiary/aromatic N) is 4. The highest BCUT2D eigenvalue weighted by Gasteiger charge is 2.00. The van der Waals surface area contributed by atoms with Gasteiger partial charge in [0.25, 0.3) is 0 Å². The summed E-state index contributed by atoms with van der Waals surface area (Å²) in [5.74, 6) is 0. The molecule has 2 heterocycles. The van der Waals surface area contributed by atoms with Crippen molar-refractivity contribution in [2.24, 2.45) is 0 Å². The predicted octanol–water partition coefficient (Wildman–Crippen LogP) is 0.0694. The highest BCUT2D eigenvalue weighted by Crippen LogP contribution is 2.31. The minimum Gasteiger partial charge on any atom is -0.264 e. The molecule has 0 aliphatic heterocycles. The molecule has 2 aromatic rings. The summed E-state index contributed by atoms with van der Waals surface area (Å²) in [7, 11) is -1.79. The fourth-order valence-electron chi connectivity index (χ4n) is 0.548. The van der Waals surface area contributed by atoms with Gasteiger partial charge in [-0.1, -0.05) is 0 Å². The molecule has 0 saturated carbocycles. The van der Waals surface area contributed by atoms with Gasteiger partial charge in [-0.2, -0.15) is 18.6 Å². The summed E-state index contributed by atoms with van der Waals surface area (Å²) in [6, 6.07) is 0. The highest BCUT2D eigenvalue weighted by atomic mass is 33.1. The molecule has 94 valence electrons. The number of hydrogen-bond donors (Lipinski definition) is 4. The largest absolute Gasteiger partial charge is 0.394 e. The number of rotatable bonds is 3. The van der Waals surface area contributed by atoms with Crippen molar-refractivity contribution < 1.29 is 17.5 Å². The summed E-state index contributed by atoms with van der Waals surface area (Å²) in [5.41, 5.74) is 0. The van der Waals surface area contributed by atoms with Crippen molar-refractivity contribution in [1.29, 1.82) is 0 Å². The van der Waals surface area contributed by atoms with Crippen molar-refractivity contribution in [3.8, 4) is 0 Å². The van der Waals surface area contributed by atoms with Crippen LogP contribution in [0.25, 0.3) is 0 Å². The lowest BCUT2D eigenvalue weighted by atomic mass is 11.3. The Morgan fingerprint density at radius 1 is 1.00 bits per heavy atom. The van der Waals surface area contributed by atoms with Gasteiger partial charge in [0.1, 0.15) is 12.7 Å². The Labute approximate surface area is 103 Å². The number of nitrogens with one attached hydrogen (secondary N) is 2. The molecule has 0 bridgehead atoms. The molecule has 0 unspecified atom stereocenters. The van der Waals surface area contributed by atoms with Crippen molar-refractivity contribution in [1.82, 2.24) is 30.4 Å². The summed E-state index contributed by atoms with van der Waals surface area (Å²) in [4.78, 5) is 7.86. The molecule has 0 fully saturated rings. The van der Waals surface area contributed by atoms with Crippen molar-refractivity contribution in [2.75, 3.05) is 0 Å². The average Bonchev–Trinajstić information content (AvgIpc) is 2.86. The van der Waals surface area contributed by atoms with E-state index in [0.717, 1.165) is 10.3 Å². The molecule has 2 rings (SSSR count). The average molecular weight is 298 g/mol. The van der Waals surface area contributed by atoms with Gasteiger partial charge in [0, 0.05) is 0 Å². The summed E-state index contributed by atoms with van der Waals surface area (Å²) in [5, 5.41) is 14.3. The van der Waals surface area contributed by atoms with Gasteiger partial charge >= 0.3 is 10.4 Å². The molecule has 0 saturated heterocycles. The fourth-order valence-corrected chi connectivity index (χ4v) is 2.02. The number of aromatic amines is 2. The molecule has 13 heteroatoms. The van der Waals surface area contributed by atoms with E-state index in [9.17, 15) is 0 Å². The lowest BCUT2D eigenvalue weighted by molar-refractivity contribution is 0.381. The van der Waals surface area contributed by atoms with Crippen LogP contribution < -0.4 is 0 Å². The van der Waals surface area contributed by atoms with E-state index in [1.165, 1.54) is 34.2 Å². The molecule has 0 aliphatic rings. The van der Waals surface area contributed by atoms with Crippen LogP contribution in [0.1, 0.15) is 0 Å². The SMILES string of the molecule is O=S(=O)(O)O.c1n[nH]c(SSc2ncn[nH]2)n1. The maximum atomic E-state index is 8.74. The molecule has 0 radical (unpaired) electrons. The normalized spacial score (nSPS) is 10.7. The first kappa shape index (κ1) is 13.9. The van der Waals surface area contributed by atoms with Crippen LogP contribution in [0.4, 0.5) is 0 Å². The summed E-state index contributed by atoms with van der Waals surface area (Å²) in [6.45, 7) is 0. The second kappa shape index (κ2) is 6.55. The first-order valence-corrected chi connectivity index (χ1v) is 7.25. The van der Waals surface area contributed by atoms with Gasteiger partial charge in [-0.25, -0.2) is 9.97 Å². The van der Waals surface area contributed by atoms with E-state index in [2.05, 4.69) is 30.4 Å². The molecular weight excluding hydrogens is 292 g/mol. The van der Waals surface area contributed by atoms with Gasteiger partial charge in [-0.05, 0) is 21.6 Å². The van der Waals surface area contributed by atoms with E-state index in [0.29, 0.717) is 0 Å². The monoisotopic (exact) mass is 298 g/mol. The predicted molar refractivity (Wildman–Crippen MR) is 58.7 cm³/mol. The molecule has 10 nitrogen and oxygen atoms in total. The minimum absolute atomic E-state index is 0.747. The standard InChI is InChI=1S/C4H4N6S2.H2O4S/c1-5-3(9-7-1)11-12-4-6-2-8-10-4;1-5(2,3)4/h1-2H,(H,5,7,9)(H,6,8,10);(H2,1,2,3,4). The van der Waals surface area contributed by atoms with Crippen LogP contribution in [0.2, 0.25) is 0 Å². The van der Waals surface area contributed by atoms with E-state index >= 15 is 0 Å². The zero-order chi connectivity index (χ0) is 12.7. The van der Waals surface area contributed by atoms with Crippen molar-refractivity contribution >= 4 is 32.0 Å². The van der Waals surface area contributed by atoms with Crippen LogP contribution in [0.3, 0.4) is 0 Å². The van der Waals surface area contributed by atoms with Gasteiger partial charge in [0.2, 0.25) is 0 Å². The summed E-state index contributed by atoms with van der Waals surface area (Å²) in [6.07, 6.45) is 2.92. The zero-order valence-electron chi connectivity index (χ0n) is 7.88. The maximum absolute atomic E-state index is 8.74. The van der Waals surface area contributed by atoms with Crippen molar-refractivity contribution in [3.63, 3.8) is 0 Å². The van der Waals surface area contributed by atoms with Crippen LogP contribution in [-0.4, -0.2) is 47.9 Å². The molecule has 4 N–H and O–H groups in total. The maximum Gasteiger partial charge on any atom is 0.394 e. The first-order valence-electron chi connectivity index (χ1n) is 3.70. The lowest BCUT2D eigenvalue weighted by Gasteiger charge is -1.89. The van der Waals surface area contributed by atoms with Gasteiger partial charge in [0.05, 0.1) is 0 Å². The Kier molecular flexibility index (Phi) is 5.36. The van der Waals surface area contributed by atoms with Crippen LogP contribution in [-0.2, 0) is 10.4 Å². The lowest BCUT2D eigenvalue weighted by Crippen LogP contribution is -1.89. The van der Waals surface area contributed by atoms with Gasteiger partial charge in [-0.3, -0.25) is 19.3 Å². The molecule has 2 aromatic heterocycles. The van der Waals surface area contributed by atoms with E-state index in [4.69, 9.17) is 17.5 Å². The van der Waals surface area contributed by atoms with E-state index < -0.39 is 10.4 Å². The topological polar surface area (TPSA) is 158 Å². The smallest absolute Gasteiger partial charge is 0.264 e. The number of hydrogen-bond acceptors (Lipinski definition) is 8. The third-order valence-corrected chi connectivity index (χ3v) is 2.98. The molecular formula is C4H6N6O4S3. The van der Waals surface area contributed by atoms with Crippen LogP contribution >= 0.6 is 21.6 Å². The molecule has 0 aromatic carbocycles. The Morgan fingerprint density at radius 3 is 1.59 bits per heavy atom. The molecule has 0 amide bonds. The summed E-state index contributed by atoms with van der Waals surface area (Å²) < 4.78 is 31.6. The minimum atomic E-state index is -4.67. The van der Waals surface area contributed by atoms with Gasteiger partial charge < -0.3 is 0 Å². The van der Waals surface area contributed by atoms with Crippen molar-refractivity contribution in [3.05, 3.63) is 12.7 Å². The van der Waals surface area contributed by atoms with Gasteiger partial charge in [0.15, 0.2) is 10.3 Å². The van der Waals surface area contributed by atoms with Gasteiger partial charge in [-0.15, -0.1) is 0 Å². The Balaban J connectivity index is 0.000000249. The van der Waals surface area contributed by atoms with Crippen LogP contribution in [0, 0.1) is 0 Å². The van der Waals surface area contributed by atoms with Crippen LogP contribution in [0.5, 0.6) is 0 Å². The third kappa shape index (κ3) is 7.70. The molecule has 0 spiro atoms. The second-order valence-corrected chi connectivity index (χ2v) is 5.20. The summed E-state index contributed by atoms with van der Waals surface area (Å²) >= 11 is 0. The number of aromatic nitrogens is 6. The molecule has 0 atom stereocenters. The Morgan fingerprint density at radius 2 is 1.35 bits per heavy atom. The molecule has 0 aliphatic carbocycles. The van der Waals surface area contributed by atoms with E-state index in [1.807, 2.05) is 0 Å². The second-order valence-electron chi connectivity index (χ2n) is 2.20. The Hall–Kier alpha value is -1.15. The molecule has 17 heavy (non-hydrogen) atoms. The quantitative estimate of drug-likeness (QED) is 0.451. The zero-order valence-corrected chi connectivity index (χ0v) is 10.3. The van der Waals surface area contributed by atoms with E-state index in [1.54, 1.807) is 0 Å². The number of H-pyrrole nitrogens is 2.